The SMILES string of the molecule is O=C(O)N1CCN(c2ncccc2OCC2CC2)CC1. The lowest BCUT2D eigenvalue weighted by atomic mass is 10.3. The molecule has 1 aliphatic carbocycles. The van der Waals surface area contributed by atoms with E-state index < -0.39 is 6.09 Å². The minimum absolute atomic E-state index is 0.508. The first kappa shape index (κ1) is 13.0. The summed E-state index contributed by atoms with van der Waals surface area (Å²) in [6.45, 7) is 3.09. The molecule has 0 radical (unpaired) electrons. The van der Waals surface area contributed by atoms with Gasteiger partial charge in [-0.05, 0) is 30.9 Å². The molecule has 3 rings (SSSR count). The summed E-state index contributed by atoms with van der Waals surface area (Å²) in [5, 5.41) is 8.97. The van der Waals surface area contributed by atoms with Crippen LogP contribution in [0.5, 0.6) is 5.75 Å². The molecule has 1 aliphatic heterocycles. The molecule has 108 valence electrons. The number of hydrogen-bond donors (Lipinski definition) is 1. The van der Waals surface area contributed by atoms with Crippen molar-refractivity contribution >= 4 is 11.9 Å². The minimum Gasteiger partial charge on any atom is -0.489 e. The molecule has 6 nitrogen and oxygen atoms in total. The molecule has 0 unspecified atom stereocenters. The molecule has 1 aromatic heterocycles. The number of nitrogens with zero attached hydrogens (tertiary/aromatic N) is 3. The van der Waals surface area contributed by atoms with E-state index in [-0.39, 0.29) is 0 Å². The van der Waals surface area contributed by atoms with Crippen molar-refractivity contribution in [1.82, 2.24) is 9.88 Å². The van der Waals surface area contributed by atoms with Crippen LogP contribution < -0.4 is 9.64 Å². The number of anilines is 1. The molecule has 1 saturated carbocycles. The van der Waals surface area contributed by atoms with Crippen molar-refractivity contribution in [2.75, 3.05) is 37.7 Å². The van der Waals surface area contributed by atoms with Gasteiger partial charge in [0.05, 0.1) is 6.61 Å². The van der Waals surface area contributed by atoms with Gasteiger partial charge < -0.3 is 19.6 Å². The number of amides is 1. The quantitative estimate of drug-likeness (QED) is 0.907. The van der Waals surface area contributed by atoms with Crippen molar-refractivity contribution < 1.29 is 14.6 Å². The van der Waals surface area contributed by atoms with Gasteiger partial charge in [0.15, 0.2) is 11.6 Å². The van der Waals surface area contributed by atoms with Gasteiger partial charge in [-0.15, -0.1) is 0 Å². The maximum Gasteiger partial charge on any atom is 0.407 e. The lowest BCUT2D eigenvalue weighted by Gasteiger charge is -2.34. The van der Waals surface area contributed by atoms with Crippen LogP contribution in [0.3, 0.4) is 0 Å². The predicted molar refractivity (Wildman–Crippen MR) is 74.3 cm³/mol. The predicted octanol–water partition coefficient (Wildman–Crippen LogP) is 1.67. The lowest BCUT2D eigenvalue weighted by molar-refractivity contribution is 0.142. The summed E-state index contributed by atoms with van der Waals surface area (Å²) in [4.78, 5) is 18.9. The van der Waals surface area contributed by atoms with E-state index in [9.17, 15) is 4.79 Å². The second kappa shape index (κ2) is 5.56. The number of carboxylic acid groups (broad SMARTS) is 1. The summed E-state index contributed by atoms with van der Waals surface area (Å²) in [7, 11) is 0. The fraction of sp³-hybridized carbons (Fsp3) is 0.571. The van der Waals surface area contributed by atoms with Crippen LogP contribution >= 0.6 is 0 Å². The molecule has 1 N–H and O–H groups in total. The lowest BCUT2D eigenvalue weighted by Crippen LogP contribution is -2.48. The molecule has 0 spiro atoms. The summed E-state index contributed by atoms with van der Waals surface area (Å²) in [6.07, 6.45) is 3.42. The van der Waals surface area contributed by atoms with E-state index in [4.69, 9.17) is 9.84 Å². The summed E-state index contributed by atoms with van der Waals surface area (Å²) >= 11 is 0. The van der Waals surface area contributed by atoms with Crippen molar-refractivity contribution in [1.29, 1.82) is 0 Å². The Morgan fingerprint density at radius 3 is 2.75 bits per heavy atom. The third-order valence-electron chi connectivity index (χ3n) is 3.77. The molecular formula is C14H19N3O3. The highest BCUT2D eigenvalue weighted by Crippen LogP contribution is 2.32. The number of pyridine rings is 1. The Hall–Kier alpha value is -1.98. The van der Waals surface area contributed by atoms with Crippen LogP contribution in [0.1, 0.15) is 12.8 Å². The number of carbonyl (C=O) groups is 1. The van der Waals surface area contributed by atoms with E-state index in [2.05, 4.69) is 9.88 Å². The Kier molecular flexibility index (Phi) is 3.62. The van der Waals surface area contributed by atoms with E-state index in [1.165, 1.54) is 17.7 Å². The van der Waals surface area contributed by atoms with E-state index in [0.717, 1.165) is 18.2 Å². The first-order chi connectivity index (χ1) is 9.74. The minimum atomic E-state index is -0.851. The van der Waals surface area contributed by atoms with Crippen LogP contribution in [-0.4, -0.2) is 53.9 Å². The highest BCUT2D eigenvalue weighted by atomic mass is 16.5. The van der Waals surface area contributed by atoms with Crippen molar-refractivity contribution in [3.63, 3.8) is 0 Å². The molecule has 6 heteroatoms. The average Bonchev–Trinajstić information content (AvgIpc) is 3.30. The van der Waals surface area contributed by atoms with E-state index in [0.29, 0.717) is 32.1 Å². The fourth-order valence-corrected chi connectivity index (χ4v) is 2.33. The summed E-state index contributed by atoms with van der Waals surface area (Å²) in [5.74, 6) is 2.34. The second-order valence-electron chi connectivity index (χ2n) is 5.34. The molecule has 2 fully saturated rings. The van der Waals surface area contributed by atoms with Gasteiger partial charge in [0.1, 0.15) is 0 Å². The molecule has 1 aromatic rings. The van der Waals surface area contributed by atoms with Gasteiger partial charge in [0.2, 0.25) is 0 Å². The monoisotopic (exact) mass is 277 g/mol. The molecule has 2 heterocycles. The van der Waals surface area contributed by atoms with Crippen LogP contribution in [-0.2, 0) is 0 Å². The van der Waals surface area contributed by atoms with Gasteiger partial charge >= 0.3 is 6.09 Å². The third kappa shape index (κ3) is 2.95. The zero-order valence-corrected chi connectivity index (χ0v) is 11.4. The Morgan fingerprint density at radius 2 is 2.10 bits per heavy atom. The van der Waals surface area contributed by atoms with Crippen molar-refractivity contribution in [2.24, 2.45) is 5.92 Å². The van der Waals surface area contributed by atoms with E-state index in [1.807, 2.05) is 12.1 Å². The van der Waals surface area contributed by atoms with Crippen LogP contribution in [0, 0.1) is 5.92 Å². The maximum absolute atomic E-state index is 10.9. The third-order valence-corrected chi connectivity index (χ3v) is 3.77. The molecule has 0 aromatic carbocycles. The Morgan fingerprint density at radius 1 is 1.35 bits per heavy atom. The van der Waals surface area contributed by atoms with Crippen molar-refractivity contribution in [3.05, 3.63) is 18.3 Å². The normalized spacial score (nSPS) is 19.0. The Bertz CT molecular complexity index is 482. The van der Waals surface area contributed by atoms with Crippen molar-refractivity contribution in [3.8, 4) is 5.75 Å². The first-order valence-corrected chi connectivity index (χ1v) is 7.04. The van der Waals surface area contributed by atoms with Crippen molar-refractivity contribution in [2.45, 2.75) is 12.8 Å². The standard InChI is InChI=1S/C14H19N3O3/c18-14(19)17-8-6-16(7-9-17)13-12(2-1-5-15-13)20-10-11-3-4-11/h1-2,5,11H,3-4,6-10H2,(H,18,19). The number of hydrogen-bond acceptors (Lipinski definition) is 4. The van der Waals surface area contributed by atoms with Gasteiger partial charge in [0.25, 0.3) is 0 Å². The van der Waals surface area contributed by atoms with Gasteiger partial charge in [-0.25, -0.2) is 9.78 Å². The van der Waals surface area contributed by atoms with Gasteiger partial charge in [0, 0.05) is 32.4 Å². The largest absolute Gasteiger partial charge is 0.489 e. The van der Waals surface area contributed by atoms with Crippen LogP contribution in [0.15, 0.2) is 18.3 Å². The molecule has 1 saturated heterocycles. The van der Waals surface area contributed by atoms with Crippen LogP contribution in [0.2, 0.25) is 0 Å². The van der Waals surface area contributed by atoms with Gasteiger partial charge in [-0.3, -0.25) is 0 Å². The van der Waals surface area contributed by atoms with Gasteiger partial charge in [-0.1, -0.05) is 0 Å². The summed E-state index contributed by atoms with van der Waals surface area (Å²) < 4.78 is 5.85. The average molecular weight is 277 g/mol. The molecule has 20 heavy (non-hydrogen) atoms. The maximum atomic E-state index is 10.9. The molecular weight excluding hydrogens is 258 g/mol. The zero-order valence-electron chi connectivity index (χ0n) is 11.4. The number of ether oxygens (including phenoxy) is 1. The van der Waals surface area contributed by atoms with E-state index >= 15 is 0 Å². The zero-order chi connectivity index (χ0) is 13.9. The number of piperazine rings is 1. The molecule has 0 bridgehead atoms. The highest BCUT2D eigenvalue weighted by molar-refractivity contribution is 5.65. The number of aromatic nitrogens is 1. The molecule has 1 amide bonds. The Balaban J connectivity index is 1.65. The summed E-state index contributed by atoms with van der Waals surface area (Å²) in [6, 6.07) is 3.81. The van der Waals surface area contributed by atoms with Crippen LogP contribution in [0.25, 0.3) is 0 Å². The highest BCUT2D eigenvalue weighted by Gasteiger charge is 2.25. The molecule has 2 aliphatic rings. The molecule has 0 atom stereocenters. The second-order valence-corrected chi connectivity index (χ2v) is 5.34. The fourth-order valence-electron chi connectivity index (χ4n) is 2.33. The van der Waals surface area contributed by atoms with Gasteiger partial charge in [-0.2, -0.15) is 0 Å². The van der Waals surface area contributed by atoms with Crippen LogP contribution in [0.4, 0.5) is 10.6 Å². The topological polar surface area (TPSA) is 65.9 Å². The number of rotatable bonds is 4. The Labute approximate surface area is 118 Å². The smallest absolute Gasteiger partial charge is 0.407 e. The first-order valence-electron chi connectivity index (χ1n) is 7.04. The summed E-state index contributed by atoms with van der Waals surface area (Å²) in [5.41, 5.74) is 0. The van der Waals surface area contributed by atoms with E-state index in [1.54, 1.807) is 6.20 Å².